The maximum absolute atomic E-state index is 11.1. The molecular weight excluding hydrogens is 230 g/mol. The summed E-state index contributed by atoms with van der Waals surface area (Å²) in [6.45, 7) is 9.31. The van der Waals surface area contributed by atoms with Gasteiger partial charge in [-0.15, -0.1) is 0 Å². The molecule has 0 aliphatic heterocycles. The van der Waals surface area contributed by atoms with Crippen molar-refractivity contribution in [2.75, 3.05) is 26.2 Å². The predicted octanol–water partition coefficient (Wildman–Crippen LogP) is 2.41. The van der Waals surface area contributed by atoms with Crippen molar-refractivity contribution in [3.8, 4) is 5.75 Å². The number of benzene rings is 1. The van der Waals surface area contributed by atoms with Crippen LogP contribution in [0.3, 0.4) is 0 Å². The van der Waals surface area contributed by atoms with E-state index in [-0.39, 0.29) is 5.56 Å². The van der Waals surface area contributed by atoms with Crippen molar-refractivity contribution in [1.29, 1.82) is 0 Å². The van der Waals surface area contributed by atoms with Gasteiger partial charge in [-0.1, -0.05) is 25.5 Å². The van der Waals surface area contributed by atoms with Crippen LogP contribution in [-0.4, -0.2) is 42.2 Å². The zero-order valence-corrected chi connectivity index (χ0v) is 11.3. The lowest BCUT2D eigenvalue weighted by molar-refractivity contribution is 0.0691. The van der Waals surface area contributed by atoms with Crippen molar-refractivity contribution in [1.82, 2.24) is 4.90 Å². The Hall–Kier alpha value is -1.55. The molecule has 0 bridgehead atoms. The highest BCUT2D eigenvalue weighted by molar-refractivity contribution is 5.91. The van der Waals surface area contributed by atoms with E-state index >= 15 is 0 Å². The van der Waals surface area contributed by atoms with Crippen molar-refractivity contribution in [3.05, 3.63) is 29.3 Å². The molecule has 4 heteroatoms. The molecule has 1 aromatic carbocycles. The van der Waals surface area contributed by atoms with Crippen LogP contribution in [0.25, 0.3) is 0 Å². The largest absolute Gasteiger partial charge is 0.491 e. The van der Waals surface area contributed by atoms with Crippen molar-refractivity contribution in [2.45, 2.75) is 20.8 Å². The first kappa shape index (κ1) is 14.5. The zero-order chi connectivity index (χ0) is 13.5. The van der Waals surface area contributed by atoms with Crippen molar-refractivity contribution in [2.24, 2.45) is 0 Å². The zero-order valence-electron chi connectivity index (χ0n) is 11.3. The van der Waals surface area contributed by atoms with Crippen LogP contribution in [0.4, 0.5) is 0 Å². The number of nitrogens with zero attached hydrogens (tertiary/aromatic N) is 1. The number of hydrogen-bond acceptors (Lipinski definition) is 3. The number of hydrogen-bond donors (Lipinski definition) is 1. The SMILES string of the molecule is CCN(CC)CCOc1ccc(C)cc1C(=O)O. The van der Waals surface area contributed by atoms with Gasteiger partial charge in [0.15, 0.2) is 0 Å². The molecule has 1 aromatic rings. The minimum Gasteiger partial charge on any atom is -0.491 e. The number of aryl methyl sites for hydroxylation is 1. The maximum Gasteiger partial charge on any atom is 0.339 e. The Morgan fingerprint density at radius 2 is 2.00 bits per heavy atom. The third kappa shape index (κ3) is 4.04. The van der Waals surface area contributed by atoms with Gasteiger partial charge in [0.05, 0.1) is 0 Å². The lowest BCUT2D eigenvalue weighted by Crippen LogP contribution is -2.28. The molecule has 18 heavy (non-hydrogen) atoms. The molecule has 0 fully saturated rings. The molecular formula is C14H21NO3. The summed E-state index contributed by atoms with van der Waals surface area (Å²) in [6.07, 6.45) is 0. The van der Waals surface area contributed by atoms with E-state index in [9.17, 15) is 4.79 Å². The van der Waals surface area contributed by atoms with E-state index in [0.717, 1.165) is 25.2 Å². The summed E-state index contributed by atoms with van der Waals surface area (Å²) < 4.78 is 5.57. The molecule has 100 valence electrons. The molecule has 0 aliphatic rings. The number of likely N-dealkylation sites (N-methyl/N-ethyl adjacent to an activating group) is 1. The Labute approximate surface area is 108 Å². The van der Waals surface area contributed by atoms with Gasteiger partial charge in [-0.25, -0.2) is 4.79 Å². The molecule has 0 radical (unpaired) electrons. The molecule has 0 aromatic heterocycles. The van der Waals surface area contributed by atoms with E-state index in [4.69, 9.17) is 9.84 Å². The second-order valence-corrected chi connectivity index (χ2v) is 4.18. The average molecular weight is 251 g/mol. The predicted molar refractivity (Wildman–Crippen MR) is 71.4 cm³/mol. The Morgan fingerprint density at radius 3 is 2.56 bits per heavy atom. The van der Waals surface area contributed by atoms with E-state index in [1.807, 2.05) is 13.0 Å². The normalized spacial score (nSPS) is 10.7. The van der Waals surface area contributed by atoms with Crippen molar-refractivity contribution >= 4 is 5.97 Å². The number of rotatable bonds is 7. The summed E-state index contributed by atoms with van der Waals surface area (Å²) in [5.74, 6) is -0.503. The molecule has 0 heterocycles. The molecule has 0 unspecified atom stereocenters. The summed E-state index contributed by atoms with van der Waals surface area (Å²) in [7, 11) is 0. The highest BCUT2D eigenvalue weighted by Gasteiger charge is 2.11. The fourth-order valence-electron chi connectivity index (χ4n) is 1.76. The van der Waals surface area contributed by atoms with Gasteiger partial charge in [-0.2, -0.15) is 0 Å². The van der Waals surface area contributed by atoms with E-state index in [1.165, 1.54) is 0 Å². The second-order valence-electron chi connectivity index (χ2n) is 4.18. The minimum absolute atomic E-state index is 0.231. The fraction of sp³-hybridized carbons (Fsp3) is 0.500. The van der Waals surface area contributed by atoms with Crippen molar-refractivity contribution in [3.63, 3.8) is 0 Å². The summed E-state index contributed by atoms with van der Waals surface area (Å²) in [6, 6.07) is 5.22. The van der Waals surface area contributed by atoms with Gasteiger partial charge in [-0.05, 0) is 32.1 Å². The summed E-state index contributed by atoms with van der Waals surface area (Å²) in [5.41, 5.74) is 1.15. The van der Waals surface area contributed by atoms with Crippen LogP contribution in [0.2, 0.25) is 0 Å². The molecule has 0 saturated carbocycles. The van der Waals surface area contributed by atoms with E-state index in [0.29, 0.717) is 12.4 Å². The van der Waals surface area contributed by atoms with Gasteiger partial charge in [0.25, 0.3) is 0 Å². The molecule has 0 saturated heterocycles. The number of carboxylic acids is 1. The van der Waals surface area contributed by atoms with E-state index in [2.05, 4.69) is 18.7 Å². The molecule has 1 N–H and O–H groups in total. The lowest BCUT2D eigenvalue weighted by Gasteiger charge is -2.18. The Kier molecular flexibility index (Phi) is 5.65. The summed E-state index contributed by atoms with van der Waals surface area (Å²) >= 11 is 0. The van der Waals surface area contributed by atoms with Crippen LogP contribution in [-0.2, 0) is 0 Å². The van der Waals surface area contributed by atoms with Crippen LogP contribution in [0, 0.1) is 6.92 Å². The van der Waals surface area contributed by atoms with Gasteiger partial charge < -0.3 is 14.7 Å². The standard InChI is InChI=1S/C14H21NO3/c1-4-15(5-2)8-9-18-13-7-6-11(3)10-12(13)14(16)17/h6-7,10H,4-5,8-9H2,1-3H3,(H,16,17). The minimum atomic E-state index is -0.948. The lowest BCUT2D eigenvalue weighted by atomic mass is 10.1. The second kappa shape index (κ2) is 7.01. The third-order valence-electron chi connectivity index (χ3n) is 2.92. The number of aromatic carboxylic acids is 1. The van der Waals surface area contributed by atoms with Crippen LogP contribution in [0.5, 0.6) is 5.75 Å². The molecule has 4 nitrogen and oxygen atoms in total. The van der Waals surface area contributed by atoms with Crippen LogP contribution >= 0.6 is 0 Å². The maximum atomic E-state index is 11.1. The molecule has 0 atom stereocenters. The van der Waals surface area contributed by atoms with Crippen LogP contribution < -0.4 is 4.74 Å². The highest BCUT2D eigenvalue weighted by atomic mass is 16.5. The number of carboxylic acid groups (broad SMARTS) is 1. The van der Waals surface area contributed by atoms with E-state index < -0.39 is 5.97 Å². The van der Waals surface area contributed by atoms with Gasteiger partial charge >= 0.3 is 5.97 Å². The third-order valence-corrected chi connectivity index (χ3v) is 2.92. The molecule has 1 rings (SSSR count). The monoisotopic (exact) mass is 251 g/mol. The first-order chi connectivity index (χ1) is 8.58. The van der Waals surface area contributed by atoms with Crippen LogP contribution in [0.1, 0.15) is 29.8 Å². The Morgan fingerprint density at radius 1 is 1.33 bits per heavy atom. The first-order valence-corrected chi connectivity index (χ1v) is 6.27. The Bertz CT molecular complexity index is 400. The number of ether oxygens (including phenoxy) is 1. The van der Waals surface area contributed by atoms with Gasteiger partial charge in [0.2, 0.25) is 0 Å². The Balaban J connectivity index is 2.64. The van der Waals surface area contributed by atoms with Crippen molar-refractivity contribution < 1.29 is 14.6 Å². The summed E-state index contributed by atoms with van der Waals surface area (Å²) in [5, 5.41) is 9.10. The molecule has 0 spiro atoms. The van der Waals surface area contributed by atoms with Crippen LogP contribution in [0.15, 0.2) is 18.2 Å². The topological polar surface area (TPSA) is 49.8 Å². The molecule has 0 aliphatic carbocycles. The fourth-order valence-corrected chi connectivity index (χ4v) is 1.76. The quantitative estimate of drug-likeness (QED) is 0.808. The number of carbonyl (C=O) groups is 1. The highest BCUT2D eigenvalue weighted by Crippen LogP contribution is 2.19. The van der Waals surface area contributed by atoms with Gasteiger partial charge in [0, 0.05) is 6.54 Å². The van der Waals surface area contributed by atoms with Gasteiger partial charge in [0.1, 0.15) is 17.9 Å². The van der Waals surface area contributed by atoms with E-state index in [1.54, 1.807) is 12.1 Å². The first-order valence-electron chi connectivity index (χ1n) is 6.27. The summed E-state index contributed by atoms with van der Waals surface area (Å²) in [4.78, 5) is 13.3. The average Bonchev–Trinajstić information content (AvgIpc) is 2.36. The van der Waals surface area contributed by atoms with Gasteiger partial charge in [-0.3, -0.25) is 0 Å². The smallest absolute Gasteiger partial charge is 0.339 e. The molecule has 0 amide bonds.